The van der Waals surface area contributed by atoms with E-state index in [9.17, 15) is 8.78 Å². The predicted molar refractivity (Wildman–Crippen MR) is 77.2 cm³/mol. The van der Waals surface area contributed by atoms with Crippen molar-refractivity contribution >= 4 is 22.2 Å². The van der Waals surface area contributed by atoms with Crippen molar-refractivity contribution < 1.29 is 8.78 Å². The topological polar surface area (TPSA) is 24.9 Å². The number of rotatable bonds is 3. The molecule has 0 amide bonds. The number of nitrogens with zero attached hydrogens (tertiary/aromatic N) is 1. The van der Waals surface area contributed by atoms with Gasteiger partial charge in [0.15, 0.2) is 5.13 Å². The molecule has 0 aliphatic rings. The Balaban J connectivity index is 1.84. The van der Waals surface area contributed by atoms with Gasteiger partial charge in [-0.2, -0.15) is 0 Å². The van der Waals surface area contributed by atoms with Gasteiger partial charge in [0.1, 0.15) is 11.6 Å². The highest BCUT2D eigenvalue weighted by molar-refractivity contribution is 7.14. The van der Waals surface area contributed by atoms with Crippen LogP contribution in [-0.2, 0) is 0 Å². The maximum absolute atomic E-state index is 13.5. The summed E-state index contributed by atoms with van der Waals surface area (Å²) in [6.07, 6.45) is 0. The first-order chi connectivity index (χ1) is 9.72. The fraction of sp³-hybridized carbons (Fsp3) is 0. The summed E-state index contributed by atoms with van der Waals surface area (Å²) in [4.78, 5) is 4.39. The standard InChI is InChI=1S/C15H10F2N2S/c16-11-6-7-13(12(17)8-11)18-15-19-14(9-20-15)10-4-2-1-3-5-10/h1-9H,(H,18,19). The summed E-state index contributed by atoms with van der Waals surface area (Å²) < 4.78 is 26.4. The van der Waals surface area contributed by atoms with E-state index in [1.165, 1.54) is 23.5 Å². The molecule has 1 N–H and O–H groups in total. The quantitative estimate of drug-likeness (QED) is 0.746. The van der Waals surface area contributed by atoms with Crippen molar-refractivity contribution in [2.24, 2.45) is 0 Å². The van der Waals surface area contributed by atoms with Gasteiger partial charge >= 0.3 is 0 Å². The summed E-state index contributed by atoms with van der Waals surface area (Å²) in [5, 5.41) is 5.31. The van der Waals surface area contributed by atoms with E-state index in [1.807, 2.05) is 35.7 Å². The fourth-order valence-electron chi connectivity index (χ4n) is 1.78. The molecule has 0 aliphatic heterocycles. The average Bonchev–Trinajstić information content (AvgIpc) is 2.92. The summed E-state index contributed by atoms with van der Waals surface area (Å²) in [5.74, 6) is -1.24. The zero-order chi connectivity index (χ0) is 13.9. The van der Waals surface area contributed by atoms with Crippen LogP contribution < -0.4 is 5.32 Å². The van der Waals surface area contributed by atoms with Crippen LogP contribution in [0.25, 0.3) is 11.3 Å². The molecular formula is C15H10F2N2S. The summed E-state index contributed by atoms with van der Waals surface area (Å²) in [6.45, 7) is 0. The molecule has 0 unspecified atom stereocenters. The second kappa shape index (κ2) is 5.38. The molecule has 20 heavy (non-hydrogen) atoms. The summed E-state index contributed by atoms with van der Waals surface area (Å²) in [5.41, 5.74) is 2.03. The number of nitrogens with one attached hydrogen (secondary N) is 1. The molecule has 0 bridgehead atoms. The highest BCUT2D eigenvalue weighted by atomic mass is 32.1. The number of halogens is 2. The van der Waals surface area contributed by atoms with Crippen LogP contribution in [0.4, 0.5) is 19.6 Å². The number of benzene rings is 2. The van der Waals surface area contributed by atoms with E-state index in [4.69, 9.17) is 0 Å². The van der Waals surface area contributed by atoms with Gasteiger partial charge in [-0.25, -0.2) is 13.8 Å². The number of aromatic nitrogens is 1. The van der Waals surface area contributed by atoms with Crippen molar-refractivity contribution in [3.05, 3.63) is 65.5 Å². The van der Waals surface area contributed by atoms with Gasteiger partial charge < -0.3 is 5.32 Å². The van der Waals surface area contributed by atoms with Gasteiger partial charge in [0.2, 0.25) is 0 Å². The lowest BCUT2D eigenvalue weighted by Gasteiger charge is -2.03. The van der Waals surface area contributed by atoms with E-state index in [0.717, 1.165) is 17.3 Å². The minimum Gasteiger partial charge on any atom is -0.329 e. The molecule has 3 rings (SSSR count). The van der Waals surface area contributed by atoms with Crippen LogP contribution in [0.5, 0.6) is 0 Å². The van der Waals surface area contributed by atoms with Gasteiger partial charge in [-0.05, 0) is 12.1 Å². The number of hydrogen-bond acceptors (Lipinski definition) is 3. The molecule has 0 radical (unpaired) electrons. The predicted octanol–water partition coefficient (Wildman–Crippen LogP) is 4.83. The molecule has 2 aromatic carbocycles. The molecule has 5 heteroatoms. The maximum atomic E-state index is 13.5. The Morgan fingerprint density at radius 1 is 1.00 bits per heavy atom. The SMILES string of the molecule is Fc1ccc(Nc2nc(-c3ccccc3)cs2)c(F)c1. The normalized spacial score (nSPS) is 10.5. The molecule has 0 spiro atoms. The first-order valence-corrected chi connectivity index (χ1v) is 6.83. The first kappa shape index (κ1) is 12.7. The molecule has 100 valence electrons. The fourth-order valence-corrected chi connectivity index (χ4v) is 2.51. The van der Waals surface area contributed by atoms with Crippen LogP contribution in [0.3, 0.4) is 0 Å². The van der Waals surface area contributed by atoms with Gasteiger partial charge in [0.25, 0.3) is 0 Å². The Morgan fingerprint density at radius 2 is 1.80 bits per heavy atom. The minimum atomic E-state index is -0.638. The van der Waals surface area contributed by atoms with E-state index in [1.54, 1.807) is 0 Å². The van der Waals surface area contributed by atoms with Crippen LogP contribution in [0.1, 0.15) is 0 Å². The van der Waals surface area contributed by atoms with Gasteiger partial charge in [-0.3, -0.25) is 0 Å². The van der Waals surface area contributed by atoms with Crippen molar-refractivity contribution in [3.8, 4) is 11.3 Å². The zero-order valence-electron chi connectivity index (χ0n) is 10.3. The molecular weight excluding hydrogens is 278 g/mol. The highest BCUT2D eigenvalue weighted by Crippen LogP contribution is 2.28. The average molecular weight is 288 g/mol. The third-order valence-electron chi connectivity index (χ3n) is 2.75. The van der Waals surface area contributed by atoms with Crippen molar-refractivity contribution in [1.29, 1.82) is 0 Å². The lowest BCUT2D eigenvalue weighted by atomic mass is 10.2. The molecule has 0 saturated heterocycles. The maximum Gasteiger partial charge on any atom is 0.187 e. The zero-order valence-corrected chi connectivity index (χ0v) is 11.1. The van der Waals surface area contributed by atoms with Crippen molar-refractivity contribution in [2.45, 2.75) is 0 Å². The van der Waals surface area contributed by atoms with E-state index >= 15 is 0 Å². The van der Waals surface area contributed by atoms with Crippen molar-refractivity contribution in [2.75, 3.05) is 5.32 Å². The Bertz CT molecular complexity index is 726. The molecule has 0 fully saturated rings. The Labute approximate surface area is 118 Å². The Kier molecular flexibility index (Phi) is 3.43. The molecule has 2 nitrogen and oxygen atoms in total. The van der Waals surface area contributed by atoms with Gasteiger partial charge in [-0.1, -0.05) is 30.3 Å². The second-order valence-corrected chi connectivity index (χ2v) is 5.01. The molecule has 1 heterocycles. The smallest absolute Gasteiger partial charge is 0.187 e. The second-order valence-electron chi connectivity index (χ2n) is 4.15. The van der Waals surface area contributed by atoms with Gasteiger partial charge in [0.05, 0.1) is 11.4 Å². The third kappa shape index (κ3) is 2.67. The summed E-state index contributed by atoms with van der Waals surface area (Å²) in [6, 6.07) is 13.1. The molecule has 0 atom stereocenters. The van der Waals surface area contributed by atoms with E-state index in [0.29, 0.717) is 5.13 Å². The van der Waals surface area contributed by atoms with Crippen molar-refractivity contribution in [1.82, 2.24) is 4.98 Å². The highest BCUT2D eigenvalue weighted by Gasteiger charge is 2.08. The van der Waals surface area contributed by atoms with E-state index in [-0.39, 0.29) is 5.69 Å². The monoisotopic (exact) mass is 288 g/mol. The van der Waals surface area contributed by atoms with Crippen molar-refractivity contribution in [3.63, 3.8) is 0 Å². The first-order valence-electron chi connectivity index (χ1n) is 5.95. The lowest BCUT2D eigenvalue weighted by Crippen LogP contribution is -1.94. The van der Waals surface area contributed by atoms with Crippen LogP contribution in [0.2, 0.25) is 0 Å². The number of anilines is 2. The molecule has 1 aromatic heterocycles. The Morgan fingerprint density at radius 3 is 2.55 bits per heavy atom. The Hall–Kier alpha value is -2.27. The van der Waals surface area contributed by atoms with Crippen LogP contribution in [-0.4, -0.2) is 4.98 Å². The van der Waals surface area contributed by atoms with Gasteiger partial charge in [-0.15, -0.1) is 11.3 Å². The third-order valence-corrected chi connectivity index (χ3v) is 3.50. The van der Waals surface area contributed by atoms with Crippen LogP contribution in [0.15, 0.2) is 53.9 Å². The largest absolute Gasteiger partial charge is 0.329 e. The van der Waals surface area contributed by atoms with Crippen LogP contribution in [0, 0.1) is 11.6 Å². The van der Waals surface area contributed by atoms with Crippen LogP contribution >= 0.6 is 11.3 Å². The van der Waals surface area contributed by atoms with Gasteiger partial charge in [0, 0.05) is 17.0 Å². The molecule has 0 saturated carbocycles. The summed E-state index contributed by atoms with van der Waals surface area (Å²) >= 11 is 1.37. The summed E-state index contributed by atoms with van der Waals surface area (Å²) in [7, 11) is 0. The minimum absolute atomic E-state index is 0.209. The lowest BCUT2D eigenvalue weighted by molar-refractivity contribution is 0.586. The number of thiazole rings is 1. The molecule has 3 aromatic rings. The van der Waals surface area contributed by atoms with E-state index < -0.39 is 11.6 Å². The van der Waals surface area contributed by atoms with E-state index in [2.05, 4.69) is 10.3 Å². The number of hydrogen-bond donors (Lipinski definition) is 1. The molecule has 0 aliphatic carbocycles.